The number of amides is 1. The summed E-state index contributed by atoms with van der Waals surface area (Å²) in [5.74, 6) is -0.637. The fourth-order valence-electron chi connectivity index (χ4n) is 4.46. The van der Waals surface area contributed by atoms with E-state index in [9.17, 15) is 55.9 Å². The molecule has 0 aromatic rings. The van der Waals surface area contributed by atoms with Gasteiger partial charge in [-0.05, 0) is 0 Å². The molecule has 15 atom stereocenters. The molecule has 1 unspecified atom stereocenters. The molecule has 0 radical (unpaired) electrons. The summed E-state index contributed by atoms with van der Waals surface area (Å²) in [4.78, 5) is 11.6. The van der Waals surface area contributed by atoms with E-state index < -0.39 is 118 Å². The van der Waals surface area contributed by atoms with Gasteiger partial charge in [0, 0.05) is 6.92 Å². The van der Waals surface area contributed by atoms with Gasteiger partial charge in [-0.3, -0.25) is 4.79 Å². The van der Waals surface area contributed by atoms with Crippen molar-refractivity contribution >= 4 is 5.91 Å². The first kappa shape index (κ1) is 30.4. The van der Waals surface area contributed by atoms with E-state index in [4.69, 9.17) is 23.7 Å². The first-order chi connectivity index (χ1) is 17.4. The van der Waals surface area contributed by atoms with Gasteiger partial charge >= 0.3 is 0 Å². The van der Waals surface area contributed by atoms with Crippen LogP contribution in [0, 0.1) is 0 Å². The zero-order chi connectivity index (χ0) is 27.6. The smallest absolute Gasteiger partial charge is 0.217 e. The lowest BCUT2D eigenvalue weighted by Gasteiger charge is -2.48. The Hall–Kier alpha value is -1.13. The topological polar surface area (TPSA) is 278 Å². The van der Waals surface area contributed by atoms with E-state index in [1.807, 2.05) is 0 Å². The third-order valence-electron chi connectivity index (χ3n) is 6.49. The van der Waals surface area contributed by atoms with Crippen LogP contribution in [0.3, 0.4) is 0 Å². The second-order valence-electron chi connectivity index (χ2n) is 9.07. The van der Waals surface area contributed by atoms with Gasteiger partial charge in [-0.1, -0.05) is 0 Å². The molecule has 0 aliphatic carbocycles. The van der Waals surface area contributed by atoms with Gasteiger partial charge in [-0.2, -0.15) is 0 Å². The van der Waals surface area contributed by atoms with E-state index in [0.29, 0.717) is 0 Å². The summed E-state index contributed by atoms with van der Waals surface area (Å²) in [7, 11) is 0. The van der Waals surface area contributed by atoms with Gasteiger partial charge in [0.05, 0.1) is 19.8 Å². The Morgan fingerprint density at radius 2 is 1.14 bits per heavy atom. The van der Waals surface area contributed by atoms with E-state index in [-0.39, 0.29) is 0 Å². The standard InChI is InChI=1S/C20H35NO16/c1-5(25)21-9-17(11(27)7(3-23)33-18(9)32)37-20-15(31)13(29)16(8(4-24)35-20)36-19-14(30)12(28)10(26)6(2-22)34-19/h6-20,22-24,26-32H,2-4H2,1H3,(H,21,25)/t6-,7-,8-,9-,10+,11+,12+,13-,14-,15-,16+,17-,18?,19+,20+/m1/s1. The molecule has 0 aromatic heterocycles. The minimum absolute atomic E-state index is 0.637. The summed E-state index contributed by atoms with van der Waals surface area (Å²) < 4.78 is 26.9. The summed E-state index contributed by atoms with van der Waals surface area (Å²) in [6.07, 6.45) is -23.3. The number of carbonyl (C=O) groups excluding carboxylic acids is 1. The number of hydrogen-bond acceptors (Lipinski definition) is 16. The summed E-state index contributed by atoms with van der Waals surface area (Å²) >= 11 is 0. The van der Waals surface area contributed by atoms with E-state index in [2.05, 4.69) is 5.32 Å². The van der Waals surface area contributed by atoms with Gasteiger partial charge in [0.15, 0.2) is 18.9 Å². The Morgan fingerprint density at radius 1 is 0.649 bits per heavy atom. The Kier molecular flexibility index (Phi) is 10.5. The molecule has 3 fully saturated rings. The molecular formula is C20H35NO16. The molecule has 216 valence electrons. The third-order valence-corrected chi connectivity index (χ3v) is 6.49. The molecule has 17 nitrogen and oxygen atoms in total. The molecule has 11 N–H and O–H groups in total. The second-order valence-corrected chi connectivity index (χ2v) is 9.07. The number of nitrogens with one attached hydrogen (secondary N) is 1. The first-order valence-electron chi connectivity index (χ1n) is 11.6. The Morgan fingerprint density at radius 3 is 1.68 bits per heavy atom. The molecule has 0 aromatic carbocycles. The minimum Gasteiger partial charge on any atom is -0.394 e. The molecule has 0 saturated carbocycles. The molecular weight excluding hydrogens is 510 g/mol. The van der Waals surface area contributed by atoms with Crippen LogP contribution >= 0.6 is 0 Å². The van der Waals surface area contributed by atoms with Gasteiger partial charge < -0.3 is 80.1 Å². The van der Waals surface area contributed by atoms with E-state index in [1.54, 1.807) is 0 Å². The van der Waals surface area contributed by atoms with Crippen molar-refractivity contribution in [3.8, 4) is 0 Å². The summed E-state index contributed by atoms with van der Waals surface area (Å²) in [5, 5.41) is 103. The minimum atomic E-state index is -1.93. The van der Waals surface area contributed by atoms with Crippen LogP contribution in [0.2, 0.25) is 0 Å². The maximum absolute atomic E-state index is 11.6. The highest BCUT2D eigenvalue weighted by Crippen LogP contribution is 2.32. The zero-order valence-corrected chi connectivity index (χ0v) is 19.7. The molecule has 0 spiro atoms. The number of aliphatic hydroxyl groups is 10. The predicted octanol–water partition coefficient (Wildman–Crippen LogP) is -7.43. The van der Waals surface area contributed by atoms with Crippen molar-refractivity contribution in [1.29, 1.82) is 0 Å². The van der Waals surface area contributed by atoms with Crippen molar-refractivity contribution in [3.05, 3.63) is 0 Å². The summed E-state index contributed by atoms with van der Waals surface area (Å²) in [6.45, 7) is -1.21. The maximum Gasteiger partial charge on any atom is 0.217 e. The predicted molar refractivity (Wildman–Crippen MR) is 113 cm³/mol. The number of hydrogen-bond donors (Lipinski definition) is 11. The average Bonchev–Trinajstić information content (AvgIpc) is 2.87. The highest BCUT2D eigenvalue weighted by atomic mass is 16.7. The SMILES string of the molecule is CC(=O)N[C@H]1C(O)O[C@H](CO)[C@H](O)[C@@H]1O[C@@H]1O[C@H](CO)[C@H](O[C@@H]2O[C@H](CO)[C@H](O)[C@H](O)[C@H]2O)[C@H](O)[C@H]1O. The van der Waals surface area contributed by atoms with Gasteiger partial charge in [0.25, 0.3) is 0 Å². The monoisotopic (exact) mass is 545 g/mol. The van der Waals surface area contributed by atoms with E-state index >= 15 is 0 Å². The molecule has 37 heavy (non-hydrogen) atoms. The first-order valence-corrected chi connectivity index (χ1v) is 11.6. The Balaban J connectivity index is 1.76. The van der Waals surface area contributed by atoms with E-state index in [0.717, 1.165) is 6.92 Å². The lowest BCUT2D eigenvalue weighted by atomic mass is 9.95. The highest BCUT2D eigenvalue weighted by molar-refractivity contribution is 5.73. The number of carbonyl (C=O) groups is 1. The molecule has 3 aliphatic heterocycles. The van der Waals surface area contributed by atoms with Crippen molar-refractivity contribution in [2.75, 3.05) is 19.8 Å². The van der Waals surface area contributed by atoms with Gasteiger partial charge in [-0.15, -0.1) is 0 Å². The van der Waals surface area contributed by atoms with Crippen LogP contribution < -0.4 is 5.32 Å². The highest BCUT2D eigenvalue weighted by Gasteiger charge is 2.53. The fraction of sp³-hybridized carbons (Fsp3) is 0.950. The van der Waals surface area contributed by atoms with Crippen LogP contribution in [0.1, 0.15) is 6.92 Å². The van der Waals surface area contributed by atoms with Crippen LogP contribution in [-0.2, 0) is 28.5 Å². The van der Waals surface area contributed by atoms with Crippen LogP contribution in [0.15, 0.2) is 0 Å². The lowest BCUT2D eigenvalue weighted by Crippen LogP contribution is -2.68. The average molecular weight is 545 g/mol. The van der Waals surface area contributed by atoms with Crippen molar-refractivity contribution in [2.45, 2.75) is 99.0 Å². The van der Waals surface area contributed by atoms with Crippen LogP contribution in [0.25, 0.3) is 0 Å². The summed E-state index contributed by atoms with van der Waals surface area (Å²) in [6, 6.07) is -1.39. The van der Waals surface area contributed by atoms with Crippen molar-refractivity contribution in [3.63, 3.8) is 0 Å². The molecule has 3 saturated heterocycles. The van der Waals surface area contributed by atoms with Gasteiger partial charge in [-0.25, -0.2) is 0 Å². The largest absolute Gasteiger partial charge is 0.394 e. The molecule has 3 rings (SSSR count). The maximum atomic E-state index is 11.6. The number of aliphatic hydroxyl groups excluding tert-OH is 10. The zero-order valence-electron chi connectivity index (χ0n) is 19.7. The second kappa shape index (κ2) is 12.8. The van der Waals surface area contributed by atoms with Crippen LogP contribution in [0.4, 0.5) is 0 Å². The van der Waals surface area contributed by atoms with Crippen LogP contribution in [-0.4, -0.2) is 169 Å². The molecule has 1 amide bonds. The van der Waals surface area contributed by atoms with Gasteiger partial charge in [0.2, 0.25) is 5.91 Å². The van der Waals surface area contributed by atoms with Gasteiger partial charge in [0.1, 0.15) is 73.2 Å². The van der Waals surface area contributed by atoms with Crippen molar-refractivity contribution in [1.82, 2.24) is 5.32 Å². The van der Waals surface area contributed by atoms with Crippen LogP contribution in [0.5, 0.6) is 0 Å². The normalized spacial score (nSPS) is 49.0. The molecule has 3 aliphatic rings. The number of ether oxygens (including phenoxy) is 5. The van der Waals surface area contributed by atoms with E-state index in [1.165, 1.54) is 0 Å². The third kappa shape index (κ3) is 6.38. The quantitative estimate of drug-likeness (QED) is 0.135. The fourth-order valence-corrected chi connectivity index (χ4v) is 4.46. The Labute approximate surface area is 210 Å². The molecule has 17 heteroatoms. The molecule has 0 bridgehead atoms. The number of rotatable bonds is 8. The Bertz CT molecular complexity index is 743. The van der Waals surface area contributed by atoms with Crippen molar-refractivity contribution < 1.29 is 79.5 Å². The lowest BCUT2D eigenvalue weighted by molar-refractivity contribution is -0.372. The molecule has 3 heterocycles. The summed E-state index contributed by atoms with van der Waals surface area (Å²) in [5.41, 5.74) is 0. The van der Waals surface area contributed by atoms with Crippen molar-refractivity contribution in [2.24, 2.45) is 0 Å².